The molecular formula is C20H25N5O3S3. The van der Waals surface area contributed by atoms with Crippen LogP contribution in [0.1, 0.15) is 31.2 Å². The molecule has 1 aromatic carbocycles. The Morgan fingerprint density at radius 3 is 2.39 bits per heavy atom. The third-order valence-electron chi connectivity index (χ3n) is 4.51. The molecule has 2 heterocycles. The first-order chi connectivity index (χ1) is 14.5. The zero-order valence-corrected chi connectivity index (χ0v) is 20.3. The number of benzene rings is 1. The molecule has 0 aliphatic heterocycles. The van der Waals surface area contributed by atoms with Crippen LogP contribution in [0.15, 0.2) is 34.3 Å². The molecule has 8 nitrogen and oxygen atoms in total. The van der Waals surface area contributed by atoms with E-state index in [1.54, 1.807) is 44.2 Å². The number of carbonyl (C=O) groups is 1. The predicted molar refractivity (Wildman–Crippen MR) is 127 cm³/mol. The van der Waals surface area contributed by atoms with E-state index in [9.17, 15) is 13.2 Å². The normalized spacial score (nSPS) is 13.0. The number of nitrogens with one attached hydrogen (secondary N) is 2. The average molecular weight is 480 g/mol. The van der Waals surface area contributed by atoms with Crippen LogP contribution in [0.3, 0.4) is 0 Å². The van der Waals surface area contributed by atoms with Gasteiger partial charge in [-0.15, -0.1) is 11.3 Å². The second-order valence-corrected chi connectivity index (χ2v) is 11.6. The van der Waals surface area contributed by atoms with Crippen molar-refractivity contribution in [3.8, 4) is 0 Å². The Balaban J connectivity index is 1.69. The predicted octanol–water partition coefficient (Wildman–Crippen LogP) is 3.70. The quantitative estimate of drug-likeness (QED) is 0.348. The van der Waals surface area contributed by atoms with Gasteiger partial charge in [-0.2, -0.15) is 0 Å². The Bertz CT molecular complexity index is 1220. The van der Waals surface area contributed by atoms with Gasteiger partial charge in [-0.1, -0.05) is 11.8 Å². The number of aromatic nitrogens is 2. The molecule has 166 valence electrons. The molecule has 0 aliphatic rings. The molecule has 1 atom stereocenters. The van der Waals surface area contributed by atoms with Crippen LogP contribution in [0, 0.1) is 13.8 Å². The van der Waals surface area contributed by atoms with Crippen molar-refractivity contribution in [2.75, 3.05) is 11.1 Å². The number of anilines is 2. The maximum Gasteiger partial charge on any atom is 0.240 e. The maximum absolute atomic E-state index is 12.6. The Kier molecular flexibility index (Phi) is 6.89. The van der Waals surface area contributed by atoms with Crippen molar-refractivity contribution >= 4 is 60.8 Å². The van der Waals surface area contributed by atoms with Gasteiger partial charge >= 0.3 is 0 Å². The van der Waals surface area contributed by atoms with Gasteiger partial charge in [0, 0.05) is 16.6 Å². The molecule has 0 fully saturated rings. The highest BCUT2D eigenvalue weighted by Gasteiger charge is 2.20. The smallest absolute Gasteiger partial charge is 0.240 e. The minimum Gasteiger partial charge on any atom is -0.383 e. The van der Waals surface area contributed by atoms with Crippen LogP contribution in [0.5, 0.6) is 0 Å². The van der Waals surface area contributed by atoms with Gasteiger partial charge in [0.1, 0.15) is 10.6 Å². The van der Waals surface area contributed by atoms with E-state index in [-0.39, 0.29) is 16.8 Å². The summed E-state index contributed by atoms with van der Waals surface area (Å²) in [5, 5.41) is 3.61. The summed E-state index contributed by atoms with van der Waals surface area (Å²) in [5.74, 6) is 0.162. The highest BCUT2D eigenvalue weighted by molar-refractivity contribution is 8.00. The largest absolute Gasteiger partial charge is 0.383 e. The topological polar surface area (TPSA) is 127 Å². The molecule has 11 heteroatoms. The molecule has 4 N–H and O–H groups in total. The van der Waals surface area contributed by atoms with Crippen molar-refractivity contribution in [2.45, 2.75) is 56.0 Å². The maximum atomic E-state index is 12.6. The monoisotopic (exact) mass is 479 g/mol. The lowest BCUT2D eigenvalue weighted by molar-refractivity contribution is -0.115. The number of hydrogen-bond acceptors (Lipinski definition) is 8. The number of aryl methyl sites for hydroxylation is 2. The Morgan fingerprint density at radius 2 is 1.77 bits per heavy atom. The van der Waals surface area contributed by atoms with E-state index in [1.807, 2.05) is 13.8 Å². The van der Waals surface area contributed by atoms with Gasteiger partial charge in [0.05, 0.1) is 15.5 Å². The molecule has 0 saturated carbocycles. The number of carbonyl (C=O) groups excluding carboxylic acids is 1. The van der Waals surface area contributed by atoms with E-state index >= 15 is 0 Å². The molecule has 31 heavy (non-hydrogen) atoms. The van der Waals surface area contributed by atoms with Crippen molar-refractivity contribution in [2.24, 2.45) is 0 Å². The molecule has 1 amide bonds. The summed E-state index contributed by atoms with van der Waals surface area (Å²) >= 11 is 2.77. The number of rotatable bonds is 7. The SMILES string of the molecule is Cc1sc2nc(SC(C)C(=O)Nc3ccc(S(=O)(=O)NC(C)C)cc3)nc(N)c2c1C. The number of sulfonamides is 1. The molecule has 0 saturated heterocycles. The first kappa shape index (κ1) is 23.5. The summed E-state index contributed by atoms with van der Waals surface area (Å²) in [5.41, 5.74) is 7.69. The van der Waals surface area contributed by atoms with E-state index in [0.29, 0.717) is 16.7 Å². The van der Waals surface area contributed by atoms with Crippen LogP contribution in [-0.4, -0.2) is 35.6 Å². The lowest BCUT2D eigenvalue weighted by atomic mass is 10.2. The summed E-state index contributed by atoms with van der Waals surface area (Å²) in [6.45, 7) is 9.26. The third kappa shape index (κ3) is 5.35. The number of thioether (sulfide) groups is 1. The zero-order valence-electron chi connectivity index (χ0n) is 17.9. The second-order valence-electron chi connectivity index (χ2n) is 7.40. The molecule has 0 spiro atoms. The second kappa shape index (κ2) is 9.11. The van der Waals surface area contributed by atoms with E-state index in [1.165, 1.54) is 23.9 Å². The van der Waals surface area contributed by atoms with Crippen molar-refractivity contribution in [3.05, 3.63) is 34.7 Å². The Morgan fingerprint density at radius 1 is 1.13 bits per heavy atom. The highest BCUT2D eigenvalue weighted by atomic mass is 32.2. The van der Waals surface area contributed by atoms with Crippen LogP contribution in [0.4, 0.5) is 11.5 Å². The van der Waals surface area contributed by atoms with Crippen molar-refractivity contribution in [1.29, 1.82) is 0 Å². The molecule has 2 aromatic heterocycles. The fourth-order valence-corrected chi connectivity index (χ4v) is 5.99. The van der Waals surface area contributed by atoms with Gasteiger partial charge in [-0.3, -0.25) is 4.79 Å². The lowest BCUT2D eigenvalue weighted by Gasteiger charge is -2.13. The van der Waals surface area contributed by atoms with Crippen LogP contribution in [-0.2, 0) is 14.8 Å². The number of amides is 1. The fourth-order valence-electron chi connectivity index (χ4n) is 2.86. The van der Waals surface area contributed by atoms with Gasteiger partial charge in [0.15, 0.2) is 5.16 Å². The first-order valence-electron chi connectivity index (χ1n) is 9.61. The summed E-state index contributed by atoms with van der Waals surface area (Å²) in [6, 6.07) is 5.82. The molecule has 1 unspecified atom stereocenters. The minimum absolute atomic E-state index is 0.139. The van der Waals surface area contributed by atoms with Gasteiger partial charge in [-0.25, -0.2) is 23.1 Å². The third-order valence-corrected chi connectivity index (χ3v) is 8.25. The molecule has 0 bridgehead atoms. The van der Waals surface area contributed by atoms with Gasteiger partial charge in [-0.05, 0) is 64.4 Å². The number of thiophene rings is 1. The molecule has 0 aliphatic carbocycles. The van der Waals surface area contributed by atoms with E-state index < -0.39 is 15.3 Å². The van der Waals surface area contributed by atoms with Crippen LogP contribution < -0.4 is 15.8 Å². The average Bonchev–Trinajstić information content (AvgIpc) is 2.95. The van der Waals surface area contributed by atoms with E-state index in [0.717, 1.165) is 20.7 Å². The number of hydrogen-bond donors (Lipinski definition) is 3. The highest BCUT2D eigenvalue weighted by Crippen LogP contribution is 2.34. The fraction of sp³-hybridized carbons (Fsp3) is 0.350. The van der Waals surface area contributed by atoms with Crippen molar-refractivity contribution in [3.63, 3.8) is 0 Å². The molecule has 3 aromatic rings. The number of nitrogen functional groups attached to an aromatic ring is 1. The van der Waals surface area contributed by atoms with Crippen molar-refractivity contribution < 1.29 is 13.2 Å². The molecule has 0 radical (unpaired) electrons. The van der Waals surface area contributed by atoms with Gasteiger partial charge < -0.3 is 11.1 Å². The van der Waals surface area contributed by atoms with Gasteiger partial charge in [0.25, 0.3) is 0 Å². The van der Waals surface area contributed by atoms with E-state index in [2.05, 4.69) is 20.0 Å². The van der Waals surface area contributed by atoms with Crippen molar-refractivity contribution in [1.82, 2.24) is 14.7 Å². The number of fused-ring (bicyclic) bond motifs is 1. The Hall–Kier alpha value is -2.21. The van der Waals surface area contributed by atoms with Crippen LogP contribution in [0.25, 0.3) is 10.2 Å². The Labute approximate surface area is 190 Å². The zero-order chi connectivity index (χ0) is 22.9. The van der Waals surface area contributed by atoms with Gasteiger partial charge in [0.2, 0.25) is 15.9 Å². The van der Waals surface area contributed by atoms with Crippen LogP contribution in [0.2, 0.25) is 0 Å². The lowest BCUT2D eigenvalue weighted by Crippen LogP contribution is -2.30. The van der Waals surface area contributed by atoms with E-state index in [4.69, 9.17) is 5.73 Å². The van der Waals surface area contributed by atoms with Crippen LogP contribution >= 0.6 is 23.1 Å². The standard InChI is InChI=1S/C20H25N5O3S3/c1-10(2)25-31(27,28)15-8-6-14(7-9-15)22-18(26)13(5)30-20-23-17(21)16-11(3)12(4)29-19(16)24-20/h6-10,13,25H,1-5H3,(H,22,26)(H2,21,23,24). The number of nitrogens with zero attached hydrogens (tertiary/aromatic N) is 2. The summed E-state index contributed by atoms with van der Waals surface area (Å²) in [4.78, 5) is 23.6. The number of nitrogens with two attached hydrogens (primary N) is 1. The summed E-state index contributed by atoms with van der Waals surface area (Å²) in [6.07, 6.45) is 0. The molecule has 3 rings (SSSR count). The summed E-state index contributed by atoms with van der Waals surface area (Å²) in [7, 11) is -3.58. The first-order valence-corrected chi connectivity index (χ1v) is 12.8. The molecular weight excluding hydrogens is 454 g/mol. The minimum atomic E-state index is -3.58. The summed E-state index contributed by atoms with van der Waals surface area (Å²) < 4.78 is 26.9.